The third kappa shape index (κ3) is 4.55. The fourth-order valence-electron chi connectivity index (χ4n) is 2.47. The molecule has 2 heterocycles. The molecular formula is C18H22N4OS2. The van der Waals surface area contributed by atoms with Crippen LogP contribution < -0.4 is 10.6 Å². The smallest absolute Gasteiger partial charge is 0.263 e. The van der Waals surface area contributed by atoms with Gasteiger partial charge in [-0.15, -0.1) is 11.3 Å². The number of aromatic nitrogens is 2. The van der Waals surface area contributed by atoms with Crippen molar-refractivity contribution in [3.8, 4) is 0 Å². The summed E-state index contributed by atoms with van der Waals surface area (Å²) >= 11 is 3.12. The number of nitrogens with zero attached hydrogens (tertiary/aromatic N) is 2. The number of thiazole rings is 2. The van der Waals surface area contributed by atoms with Crippen molar-refractivity contribution in [2.75, 3.05) is 18.4 Å². The second-order valence-electron chi connectivity index (χ2n) is 6.29. The number of fused-ring (bicyclic) bond motifs is 1. The van der Waals surface area contributed by atoms with Crippen molar-refractivity contribution in [2.24, 2.45) is 5.92 Å². The van der Waals surface area contributed by atoms with Crippen LogP contribution in [-0.2, 0) is 6.42 Å². The predicted molar refractivity (Wildman–Crippen MR) is 106 cm³/mol. The van der Waals surface area contributed by atoms with E-state index in [4.69, 9.17) is 0 Å². The number of amides is 1. The molecule has 0 unspecified atom stereocenters. The first kappa shape index (κ1) is 17.8. The van der Waals surface area contributed by atoms with E-state index in [1.165, 1.54) is 11.3 Å². The average molecular weight is 375 g/mol. The van der Waals surface area contributed by atoms with Gasteiger partial charge >= 0.3 is 0 Å². The van der Waals surface area contributed by atoms with Gasteiger partial charge in [-0.2, -0.15) is 0 Å². The van der Waals surface area contributed by atoms with Crippen LogP contribution in [0.4, 0.5) is 5.13 Å². The van der Waals surface area contributed by atoms with E-state index in [1.54, 1.807) is 11.3 Å². The zero-order chi connectivity index (χ0) is 17.8. The molecule has 3 rings (SSSR count). The van der Waals surface area contributed by atoms with E-state index in [1.807, 2.05) is 25.1 Å². The minimum Gasteiger partial charge on any atom is -0.360 e. The lowest BCUT2D eigenvalue weighted by atomic mass is 10.1. The number of rotatable bonds is 7. The van der Waals surface area contributed by atoms with Crippen molar-refractivity contribution in [1.82, 2.24) is 15.3 Å². The van der Waals surface area contributed by atoms with Gasteiger partial charge in [-0.05, 0) is 25.0 Å². The van der Waals surface area contributed by atoms with E-state index >= 15 is 0 Å². The molecule has 0 spiro atoms. The molecule has 132 valence electrons. The molecule has 5 nitrogen and oxygen atoms in total. The van der Waals surface area contributed by atoms with Crippen LogP contribution >= 0.6 is 22.7 Å². The molecule has 1 amide bonds. The Bertz CT molecular complexity index is 836. The summed E-state index contributed by atoms with van der Waals surface area (Å²) in [6, 6.07) is 8.05. The zero-order valence-electron chi connectivity index (χ0n) is 14.6. The molecule has 25 heavy (non-hydrogen) atoms. The standard InChI is InChI=1S/C18H22N4OS2/c1-11(2)10-15-21-12(3)16(25-15)17(23)19-8-9-20-18-22-13-6-4-5-7-14(13)24-18/h4-7,11H,8-10H2,1-3H3,(H,19,23)(H,20,22). The fraction of sp³-hybridized carbons (Fsp3) is 0.389. The lowest BCUT2D eigenvalue weighted by molar-refractivity contribution is 0.0958. The Labute approximate surface area is 155 Å². The third-order valence-electron chi connectivity index (χ3n) is 3.61. The quantitative estimate of drug-likeness (QED) is 0.611. The van der Waals surface area contributed by atoms with E-state index in [-0.39, 0.29) is 5.91 Å². The maximum Gasteiger partial charge on any atom is 0.263 e. The first-order chi connectivity index (χ1) is 12.0. The summed E-state index contributed by atoms with van der Waals surface area (Å²) in [7, 11) is 0. The van der Waals surface area contributed by atoms with E-state index in [0.29, 0.717) is 19.0 Å². The largest absolute Gasteiger partial charge is 0.360 e. The summed E-state index contributed by atoms with van der Waals surface area (Å²) in [5.41, 5.74) is 1.81. The van der Waals surface area contributed by atoms with Gasteiger partial charge in [-0.3, -0.25) is 4.79 Å². The predicted octanol–water partition coefficient (Wildman–Crippen LogP) is 4.10. The van der Waals surface area contributed by atoms with Gasteiger partial charge in [0.05, 0.1) is 20.9 Å². The van der Waals surface area contributed by atoms with Gasteiger partial charge < -0.3 is 10.6 Å². The molecular weight excluding hydrogens is 352 g/mol. The summed E-state index contributed by atoms with van der Waals surface area (Å²) in [5.74, 6) is 0.496. The molecule has 0 radical (unpaired) electrons. The molecule has 0 aliphatic rings. The number of aryl methyl sites for hydroxylation is 1. The molecule has 3 aromatic rings. The lowest BCUT2D eigenvalue weighted by Crippen LogP contribution is -2.28. The summed E-state index contributed by atoms with van der Waals surface area (Å²) < 4.78 is 1.16. The Balaban J connectivity index is 1.50. The highest BCUT2D eigenvalue weighted by molar-refractivity contribution is 7.22. The molecule has 0 fully saturated rings. The van der Waals surface area contributed by atoms with E-state index < -0.39 is 0 Å². The molecule has 1 aromatic carbocycles. The minimum atomic E-state index is -0.0453. The van der Waals surface area contributed by atoms with E-state index in [9.17, 15) is 4.79 Å². The van der Waals surface area contributed by atoms with E-state index in [2.05, 4.69) is 40.5 Å². The zero-order valence-corrected chi connectivity index (χ0v) is 16.3. The molecule has 0 saturated carbocycles. The molecule has 2 N–H and O–H groups in total. The Morgan fingerprint density at radius 1 is 1.16 bits per heavy atom. The summed E-state index contributed by atoms with van der Waals surface area (Å²) in [6.45, 7) is 7.40. The van der Waals surface area contributed by atoms with Gasteiger partial charge in [-0.1, -0.05) is 37.3 Å². The second kappa shape index (κ2) is 7.93. The van der Waals surface area contributed by atoms with E-state index in [0.717, 1.165) is 37.3 Å². The molecule has 7 heteroatoms. The molecule has 0 aliphatic carbocycles. The lowest BCUT2D eigenvalue weighted by Gasteiger charge is -2.04. The third-order valence-corrected chi connectivity index (χ3v) is 5.78. The van der Waals surface area contributed by atoms with Crippen LogP contribution in [0.3, 0.4) is 0 Å². The summed E-state index contributed by atoms with van der Waals surface area (Å²) in [6.07, 6.45) is 0.915. The van der Waals surface area contributed by atoms with Crippen LogP contribution in [0.25, 0.3) is 10.2 Å². The Hall–Kier alpha value is -1.99. The Morgan fingerprint density at radius 3 is 2.72 bits per heavy atom. The monoisotopic (exact) mass is 374 g/mol. The Morgan fingerprint density at radius 2 is 1.96 bits per heavy atom. The van der Waals surface area contributed by atoms with Gasteiger partial charge in [0, 0.05) is 19.5 Å². The van der Waals surface area contributed by atoms with Crippen LogP contribution in [-0.4, -0.2) is 29.0 Å². The van der Waals surface area contributed by atoms with Gasteiger partial charge in [-0.25, -0.2) is 9.97 Å². The normalized spacial score (nSPS) is 11.2. The van der Waals surface area contributed by atoms with Crippen LogP contribution in [0.2, 0.25) is 0 Å². The average Bonchev–Trinajstić information content (AvgIpc) is 3.13. The number of para-hydroxylation sites is 1. The van der Waals surface area contributed by atoms with Crippen LogP contribution in [0.15, 0.2) is 24.3 Å². The minimum absolute atomic E-state index is 0.0453. The fourth-order valence-corrected chi connectivity index (χ4v) is 4.56. The van der Waals surface area contributed by atoms with Crippen molar-refractivity contribution in [2.45, 2.75) is 27.2 Å². The summed E-state index contributed by atoms with van der Waals surface area (Å²) in [4.78, 5) is 22.1. The number of carbonyl (C=O) groups is 1. The van der Waals surface area contributed by atoms with Crippen molar-refractivity contribution in [3.63, 3.8) is 0 Å². The van der Waals surface area contributed by atoms with Crippen LogP contribution in [0.1, 0.15) is 34.2 Å². The number of carbonyl (C=O) groups excluding carboxylic acids is 1. The highest BCUT2D eigenvalue weighted by atomic mass is 32.1. The van der Waals surface area contributed by atoms with Crippen molar-refractivity contribution < 1.29 is 4.79 Å². The first-order valence-electron chi connectivity index (χ1n) is 8.37. The van der Waals surface area contributed by atoms with Gasteiger partial charge in [0.1, 0.15) is 4.88 Å². The highest BCUT2D eigenvalue weighted by Crippen LogP contribution is 2.25. The molecule has 0 atom stereocenters. The van der Waals surface area contributed by atoms with Crippen molar-refractivity contribution in [3.05, 3.63) is 39.8 Å². The maximum atomic E-state index is 12.3. The molecule has 2 aromatic heterocycles. The number of benzene rings is 1. The first-order valence-corrected chi connectivity index (χ1v) is 10.00. The summed E-state index contributed by atoms with van der Waals surface area (Å²) in [5, 5.41) is 8.13. The number of anilines is 1. The number of hydrogen-bond donors (Lipinski definition) is 2. The highest BCUT2D eigenvalue weighted by Gasteiger charge is 2.15. The topological polar surface area (TPSA) is 66.9 Å². The molecule has 0 bridgehead atoms. The Kier molecular flexibility index (Phi) is 5.65. The van der Waals surface area contributed by atoms with Crippen molar-refractivity contribution >= 4 is 43.9 Å². The van der Waals surface area contributed by atoms with Gasteiger partial charge in [0.25, 0.3) is 5.91 Å². The molecule has 0 aliphatic heterocycles. The van der Waals surface area contributed by atoms with Crippen LogP contribution in [0, 0.1) is 12.8 Å². The number of hydrogen-bond acceptors (Lipinski definition) is 6. The maximum absolute atomic E-state index is 12.3. The van der Waals surface area contributed by atoms with Crippen molar-refractivity contribution in [1.29, 1.82) is 0 Å². The van der Waals surface area contributed by atoms with Gasteiger partial charge in [0.2, 0.25) is 0 Å². The van der Waals surface area contributed by atoms with Gasteiger partial charge in [0.15, 0.2) is 5.13 Å². The number of nitrogens with one attached hydrogen (secondary N) is 2. The SMILES string of the molecule is Cc1nc(CC(C)C)sc1C(=O)NCCNc1nc2ccccc2s1. The molecule has 0 saturated heterocycles. The second-order valence-corrected chi connectivity index (χ2v) is 8.40. The van der Waals surface area contributed by atoms with Crippen LogP contribution in [0.5, 0.6) is 0 Å².